The topological polar surface area (TPSA) is 93.5 Å². The van der Waals surface area contributed by atoms with Crippen LogP contribution in [-0.2, 0) is 9.53 Å². The number of unbranched alkanes of at least 4 members (excludes halogenated alkanes) is 1. The summed E-state index contributed by atoms with van der Waals surface area (Å²) < 4.78 is 7.01. The van der Waals surface area contributed by atoms with Gasteiger partial charge in [0.15, 0.2) is 0 Å². The lowest BCUT2D eigenvalue weighted by Crippen LogP contribution is -2.28. The maximum absolute atomic E-state index is 12.3. The average Bonchev–Trinajstić information content (AvgIpc) is 3.35. The van der Waals surface area contributed by atoms with Crippen molar-refractivity contribution in [2.24, 2.45) is 0 Å². The maximum atomic E-state index is 12.3. The number of hydrogen-bond donors (Lipinski definition) is 2. The van der Waals surface area contributed by atoms with E-state index in [1.807, 2.05) is 0 Å². The first-order chi connectivity index (χ1) is 17.6. The number of ether oxygens (including phenoxy) is 1. The Hall–Kier alpha value is -3.03. The minimum atomic E-state index is -0.477. The molecule has 0 aliphatic carbocycles. The van der Waals surface area contributed by atoms with E-state index in [4.69, 9.17) is 4.74 Å². The van der Waals surface area contributed by atoms with Gasteiger partial charge in [0, 0.05) is 12.6 Å². The molecule has 0 saturated carbocycles. The first-order valence-electron chi connectivity index (χ1n) is 13.0. The highest BCUT2D eigenvalue weighted by molar-refractivity contribution is 5.89. The van der Waals surface area contributed by atoms with Gasteiger partial charge in [-0.1, -0.05) is 67.7 Å². The molecule has 0 aromatic carbocycles. The average molecular weight is 496 g/mol. The second kappa shape index (κ2) is 18.3. The highest BCUT2D eigenvalue weighted by Gasteiger charge is 2.26. The minimum absolute atomic E-state index is 0.0631. The lowest BCUT2D eigenvalue weighted by Gasteiger charge is -2.14. The Balaban J connectivity index is 1.54. The van der Waals surface area contributed by atoms with E-state index >= 15 is 0 Å². The van der Waals surface area contributed by atoms with Gasteiger partial charge in [-0.15, -0.1) is 0 Å². The van der Waals surface area contributed by atoms with Crippen molar-refractivity contribution in [3.63, 3.8) is 0 Å². The number of nitrogens with zero attached hydrogens (tertiary/aromatic N) is 2. The number of carbonyl (C=O) groups excluding carboxylic acids is 1. The number of aliphatic hydroxyl groups is 1. The number of hydrogen-bond acceptors (Lipinski definition) is 5. The summed E-state index contributed by atoms with van der Waals surface area (Å²) in [7, 11) is 0. The number of aromatic nitrogens is 2. The summed E-state index contributed by atoms with van der Waals surface area (Å²) in [6, 6.07) is 1.60. The summed E-state index contributed by atoms with van der Waals surface area (Å²) in [5.41, 5.74) is -0.477. The highest BCUT2D eigenvalue weighted by Crippen LogP contribution is 2.26. The third kappa shape index (κ3) is 12.1. The Morgan fingerprint density at radius 3 is 2.19 bits per heavy atom. The molecule has 196 valence electrons. The van der Waals surface area contributed by atoms with Gasteiger partial charge in [0.1, 0.15) is 12.0 Å². The predicted molar refractivity (Wildman–Crippen MR) is 146 cm³/mol. The molecule has 1 saturated heterocycles. The van der Waals surface area contributed by atoms with E-state index in [1.54, 1.807) is 12.3 Å². The lowest BCUT2D eigenvalue weighted by molar-refractivity contribution is -0.116. The molecule has 0 spiro atoms. The lowest BCUT2D eigenvalue weighted by atomic mass is 10.2. The molecule has 0 bridgehead atoms. The molecule has 1 unspecified atom stereocenters. The smallest absolute Gasteiger partial charge is 0.351 e. The van der Waals surface area contributed by atoms with Crippen LogP contribution in [0.25, 0.3) is 0 Å². The van der Waals surface area contributed by atoms with E-state index in [0.717, 1.165) is 44.9 Å². The number of rotatable bonds is 16. The Morgan fingerprint density at radius 1 is 1.03 bits per heavy atom. The van der Waals surface area contributed by atoms with E-state index in [2.05, 4.69) is 78.0 Å². The first-order valence-corrected chi connectivity index (χ1v) is 13.0. The van der Waals surface area contributed by atoms with Crippen molar-refractivity contribution in [1.29, 1.82) is 0 Å². The Labute approximate surface area is 215 Å². The first kappa shape index (κ1) is 29.2. The molecular formula is C29H41N3O4. The van der Waals surface area contributed by atoms with Gasteiger partial charge >= 0.3 is 5.69 Å². The molecule has 1 aromatic heterocycles. The van der Waals surface area contributed by atoms with Gasteiger partial charge in [-0.05, 0) is 63.9 Å². The van der Waals surface area contributed by atoms with Gasteiger partial charge in [0.2, 0.25) is 5.91 Å². The molecule has 36 heavy (non-hydrogen) atoms. The number of allylic oxidation sites excluding steroid dienone is 10. The van der Waals surface area contributed by atoms with Gasteiger partial charge in [-0.2, -0.15) is 4.98 Å². The molecule has 2 heterocycles. The largest absolute Gasteiger partial charge is 0.394 e. The van der Waals surface area contributed by atoms with Gasteiger partial charge in [-0.3, -0.25) is 9.36 Å². The normalized spacial score (nSPS) is 18.6. The summed E-state index contributed by atoms with van der Waals surface area (Å²) >= 11 is 0. The van der Waals surface area contributed by atoms with Crippen LogP contribution < -0.4 is 11.0 Å². The quantitative estimate of drug-likeness (QED) is 0.224. The molecule has 1 fully saturated rings. The van der Waals surface area contributed by atoms with E-state index < -0.39 is 11.9 Å². The number of amides is 1. The molecular weight excluding hydrogens is 454 g/mol. The van der Waals surface area contributed by atoms with Crippen LogP contribution in [0.4, 0.5) is 5.82 Å². The second-order valence-electron chi connectivity index (χ2n) is 8.62. The van der Waals surface area contributed by atoms with Crippen molar-refractivity contribution in [3.8, 4) is 0 Å². The van der Waals surface area contributed by atoms with Gasteiger partial charge in [0.05, 0.1) is 12.7 Å². The molecule has 1 aliphatic heterocycles. The van der Waals surface area contributed by atoms with Crippen LogP contribution in [0.2, 0.25) is 0 Å². The van der Waals surface area contributed by atoms with E-state index in [9.17, 15) is 14.7 Å². The van der Waals surface area contributed by atoms with Crippen LogP contribution in [-0.4, -0.2) is 33.3 Å². The molecule has 1 aliphatic rings. The second-order valence-corrected chi connectivity index (χ2v) is 8.62. The molecule has 2 atom stereocenters. The predicted octanol–water partition coefficient (Wildman–Crippen LogP) is 5.77. The zero-order chi connectivity index (χ0) is 25.8. The van der Waals surface area contributed by atoms with Gasteiger partial charge in [-0.25, -0.2) is 4.79 Å². The van der Waals surface area contributed by atoms with Crippen molar-refractivity contribution in [3.05, 3.63) is 83.5 Å². The summed E-state index contributed by atoms with van der Waals surface area (Å²) in [6.45, 7) is 2.08. The number of anilines is 1. The van der Waals surface area contributed by atoms with Crippen molar-refractivity contribution in [2.75, 3.05) is 11.9 Å². The third-order valence-electron chi connectivity index (χ3n) is 5.63. The van der Waals surface area contributed by atoms with Crippen LogP contribution >= 0.6 is 0 Å². The Morgan fingerprint density at radius 2 is 1.64 bits per heavy atom. The summed E-state index contributed by atoms with van der Waals surface area (Å²) in [6.07, 6.45) is 30.7. The summed E-state index contributed by atoms with van der Waals surface area (Å²) in [5.74, 6) is 0.0808. The number of carbonyl (C=O) groups is 1. The van der Waals surface area contributed by atoms with Crippen LogP contribution in [0, 0.1) is 0 Å². The monoisotopic (exact) mass is 495 g/mol. The van der Waals surface area contributed by atoms with Crippen molar-refractivity contribution in [2.45, 2.75) is 83.5 Å². The fraction of sp³-hybridized carbons (Fsp3) is 0.483. The van der Waals surface area contributed by atoms with Crippen molar-refractivity contribution < 1.29 is 14.6 Å². The number of nitrogens with one attached hydrogen (secondary N) is 1. The van der Waals surface area contributed by atoms with E-state index in [-0.39, 0.29) is 24.4 Å². The van der Waals surface area contributed by atoms with E-state index in [0.29, 0.717) is 19.3 Å². The van der Waals surface area contributed by atoms with Crippen molar-refractivity contribution >= 4 is 11.7 Å². The summed E-state index contributed by atoms with van der Waals surface area (Å²) in [5, 5.41) is 11.9. The van der Waals surface area contributed by atoms with Crippen LogP contribution in [0.15, 0.2) is 77.8 Å². The molecule has 2 rings (SSSR count). The fourth-order valence-corrected chi connectivity index (χ4v) is 3.68. The van der Waals surface area contributed by atoms with Gasteiger partial charge in [0.25, 0.3) is 0 Å². The van der Waals surface area contributed by atoms with Gasteiger partial charge < -0.3 is 15.2 Å². The van der Waals surface area contributed by atoms with Crippen molar-refractivity contribution in [1.82, 2.24) is 9.55 Å². The minimum Gasteiger partial charge on any atom is -0.394 e. The SMILES string of the molecule is CC/C=C\C/C=C\C/C=C\C/C=C\C/C=C\CCCC(=O)Nc1ccn(C2CC[C@@H](CO)O2)c(=O)n1. The number of aliphatic hydroxyl groups excluding tert-OH is 1. The molecule has 0 radical (unpaired) electrons. The van der Waals surface area contributed by atoms with Crippen LogP contribution in [0.1, 0.15) is 77.4 Å². The van der Waals surface area contributed by atoms with Crippen LogP contribution in [0.3, 0.4) is 0 Å². The molecule has 1 aromatic rings. The molecule has 1 amide bonds. The fourth-order valence-electron chi connectivity index (χ4n) is 3.68. The zero-order valence-electron chi connectivity index (χ0n) is 21.4. The third-order valence-corrected chi connectivity index (χ3v) is 5.63. The maximum Gasteiger partial charge on any atom is 0.351 e. The Bertz CT molecular complexity index is 975. The molecule has 7 nitrogen and oxygen atoms in total. The molecule has 7 heteroatoms. The Kier molecular flexibility index (Phi) is 14.8. The summed E-state index contributed by atoms with van der Waals surface area (Å²) in [4.78, 5) is 28.3. The highest BCUT2D eigenvalue weighted by atomic mass is 16.5. The van der Waals surface area contributed by atoms with Crippen LogP contribution in [0.5, 0.6) is 0 Å². The van der Waals surface area contributed by atoms with E-state index in [1.165, 1.54) is 4.57 Å². The standard InChI is InChI=1S/C29H41N3O4/c1-2-3-4-5-6-7-8-9-10-11-12-13-14-15-16-17-18-19-27(34)30-26-22-23-32(29(35)31-26)28-21-20-25(24-33)36-28/h3-4,6-7,9-10,12-13,15-16,22-23,25,28,33H,2,5,8,11,14,17-21,24H2,1H3,(H,30,31,34,35)/b4-3-,7-6-,10-9-,13-12-,16-15-/t25-,28?/m0/s1. The zero-order valence-corrected chi connectivity index (χ0v) is 21.4. The molecule has 2 N–H and O–H groups in total.